The first-order valence-electron chi connectivity index (χ1n) is 6.44. The Morgan fingerprint density at radius 2 is 2.35 bits per heavy atom. The maximum atomic E-state index is 4.76. The van der Waals surface area contributed by atoms with Gasteiger partial charge in [-0.2, -0.15) is 0 Å². The molecule has 0 aliphatic carbocycles. The van der Waals surface area contributed by atoms with Crippen LogP contribution in [0.25, 0.3) is 5.65 Å². The van der Waals surface area contributed by atoms with Gasteiger partial charge in [0.25, 0.3) is 0 Å². The molecule has 2 aromatic rings. The zero-order valence-corrected chi connectivity index (χ0v) is 10.6. The molecule has 1 unspecified atom stereocenters. The second-order valence-corrected chi connectivity index (χ2v) is 5.01. The molecule has 3 nitrogen and oxygen atoms in total. The highest BCUT2D eigenvalue weighted by Crippen LogP contribution is 2.26. The summed E-state index contributed by atoms with van der Waals surface area (Å²) in [5.74, 6) is 0.621. The van der Waals surface area contributed by atoms with Gasteiger partial charge in [-0.1, -0.05) is 6.92 Å². The number of hydrogen-bond acceptors (Lipinski definition) is 2. The van der Waals surface area contributed by atoms with Crippen molar-refractivity contribution in [2.75, 3.05) is 19.6 Å². The first-order chi connectivity index (χ1) is 8.26. The van der Waals surface area contributed by atoms with Gasteiger partial charge in [-0.25, -0.2) is 4.98 Å². The second-order valence-electron chi connectivity index (χ2n) is 5.01. The zero-order valence-electron chi connectivity index (χ0n) is 10.6. The topological polar surface area (TPSA) is 20.5 Å². The summed E-state index contributed by atoms with van der Waals surface area (Å²) in [5, 5.41) is 0. The fourth-order valence-corrected chi connectivity index (χ4v) is 2.66. The molecule has 1 saturated heterocycles. The van der Waals surface area contributed by atoms with E-state index in [4.69, 9.17) is 4.98 Å². The minimum Gasteiger partial charge on any atom is -0.307 e. The number of nitrogens with zero attached hydrogens (tertiary/aromatic N) is 3. The second kappa shape index (κ2) is 4.15. The minimum atomic E-state index is 0.621. The summed E-state index contributed by atoms with van der Waals surface area (Å²) in [4.78, 5) is 7.26. The van der Waals surface area contributed by atoms with Gasteiger partial charge in [0.05, 0.1) is 5.69 Å². The zero-order chi connectivity index (χ0) is 11.8. The number of rotatable bonds is 2. The number of imidazole rings is 1. The molecule has 1 aliphatic rings. The SMILES string of the molecule is CCN1CCC(c2cn3ccc(C)cc3n2)C1. The van der Waals surface area contributed by atoms with Gasteiger partial charge in [0.15, 0.2) is 0 Å². The van der Waals surface area contributed by atoms with Gasteiger partial charge in [-0.15, -0.1) is 0 Å². The molecule has 1 atom stereocenters. The van der Waals surface area contributed by atoms with Gasteiger partial charge in [0, 0.05) is 24.9 Å². The van der Waals surface area contributed by atoms with E-state index in [1.807, 2.05) is 0 Å². The molecule has 2 aromatic heterocycles. The van der Waals surface area contributed by atoms with Crippen molar-refractivity contribution in [1.82, 2.24) is 14.3 Å². The fourth-order valence-electron chi connectivity index (χ4n) is 2.66. The van der Waals surface area contributed by atoms with Crippen molar-refractivity contribution in [2.24, 2.45) is 0 Å². The van der Waals surface area contributed by atoms with Crippen molar-refractivity contribution >= 4 is 5.65 Å². The maximum Gasteiger partial charge on any atom is 0.137 e. The predicted molar refractivity (Wildman–Crippen MR) is 69.4 cm³/mol. The van der Waals surface area contributed by atoms with Crippen molar-refractivity contribution < 1.29 is 0 Å². The predicted octanol–water partition coefficient (Wildman–Crippen LogP) is 2.45. The van der Waals surface area contributed by atoms with E-state index in [1.54, 1.807) is 0 Å². The highest BCUT2D eigenvalue weighted by molar-refractivity contribution is 5.43. The van der Waals surface area contributed by atoms with Crippen molar-refractivity contribution in [3.05, 3.63) is 35.8 Å². The monoisotopic (exact) mass is 229 g/mol. The van der Waals surface area contributed by atoms with Crippen molar-refractivity contribution in [3.8, 4) is 0 Å². The van der Waals surface area contributed by atoms with Crippen LogP contribution in [0.5, 0.6) is 0 Å². The average molecular weight is 229 g/mol. The van der Waals surface area contributed by atoms with E-state index in [0.717, 1.165) is 12.2 Å². The third kappa shape index (κ3) is 1.95. The lowest BCUT2D eigenvalue weighted by atomic mass is 10.1. The molecule has 17 heavy (non-hydrogen) atoms. The van der Waals surface area contributed by atoms with Crippen LogP contribution in [0.4, 0.5) is 0 Å². The molecule has 1 aliphatic heterocycles. The molecule has 0 aromatic carbocycles. The Hall–Kier alpha value is -1.35. The van der Waals surface area contributed by atoms with E-state index in [2.05, 4.69) is 47.7 Å². The Bertz CT molecular complexity index is 529. The standard InChI is InChI=1S/C14H19N3/c1-3-16-6-5-12(9-16)13-10-17-7-4-11(2)8-14(17)15-13/h4,7-8,10,12H,3,5-6,9H2,1-2H3. The number of pyridine rings is 1. The van der Waals surface area contributed by atoms with Gasteiger partial charge in [-0.3, -0.25) is 0 Å². The fraction of sp³-hybridized carbons (Fsp3) is 0.500. The number of fused-ring (bicyclic) bond motifs is 1. The molecule has 3 heterocycles. The van der Waals surface area contributed by atoms with Gasteiger partial charge < -0.3 is 9.30 Å². The molecule has 0 spiro atoms. The first kappa shape index (κ1) is 10.8. The lowest BCUT2D eigenvalue weighted by Crippen LogP contribution is -2.19. The van der Waals surface area contributed by atoms with Gasteiger partial charge >= 0.3 is 0 Å². The van der Waals surface area contributed by atoms with E-state index in [-0.39, 0.29) is 0 Å². The van der Waals surface area contributed by atoms with Crippen LogP contribution in [0.3, 0.4) is 0 Å². The van der Waals surface area contributed by atoms with Gasteiger partial charge in [0.2, 0.25) is 0 Å². The Labute approximate surface area is 102 Å². The van der Waals surface area contributed by atoms with Crippen LogP contribution < -0.4 is 0 Å². The van der Waals surface area contributed by atoms with Crippen LogP contribution >= 0.6 is 0 Å². The lowest BCUT2D eigenvalue weighted by molar-refractivity contribution is 0.353. The molecule has 0 bridgehead atoms. The van der Waals surface area contributed by atoms with Crippen molar-refractivity contribution in [2.45, 2.75) is 26.2 Å². The summed E-state index contributed by atoms with van der Waals surface area (Å²) >= 11 is 0. The highest BCUT2D eigenvalue weighted by atomic mass is 15.1. The Balaban J connectivity index is 1.91. The Morgan fingerprint density at radius 3 is 3.12 bits per heavy atom. The summed E-state index contributed by atoms with van der Waals surface area (Å²) in [6, 6.07) is 4.28. The largest absolute Gasteiger partial charge is 0.307 e. The number of likely N-dealkylation sites (N-methyl/N-ethyl adjacent to an activating group) is 1. The first-order valence-corrected chi connectivity index (χ1v) is 6.44. The molecular formula is C14H19N3. The normalized spacial score (nSPS) is 21.4. The van der Waals surface area contributed by atoms with E-state index in [9.17, 15) is 0 Å². The highest BCUT2D eigenvalue weighted by Gasteiger charge is 2.24. The summed E-state index contributed by atoms with van der Waals surface area (Å²) in [7, 11) is 0. The van der Waals surface area contributed by atoms with Crippen molar-refractivity contribution in [3.63, 3.8) is 0 Å². The third-order valence-corrected chi connectivity index (χ3v) is 3.77. The smallest absolute Gasteiger partial charge is 0.137 e. The minimum absolute atomic E-state index is 0.621. The summed E-state index contributed by atoms with van der Waals surface area (Å²) in [5.41, 5.74) is 3.61. The van der Waals surface area contributed by atoms with Gasteiger partial charge in [0.1, 0.15) is 5.65 Å². The van der Waals surface area contributed by atoms with E-state index in [0.29, 0.717) is 5.92 Å². The molecule has 3 rings (SSSR count). The average Bonchev–Trinajstić information content (AvgIpc) is 2.93. The third-order valence-electron chi connectivity index (χ3n) is 3.77. The lowest BCUT2D eigenvalue weighted by Gasteiger charge is -2.11. The van der Waals surface area contributed by atoms with E-state index >= 15 is 0 Å². The van der Waals surface area contributed by atoms with Crippen LogP contribution in [-0.2, 0) is 0 Å². The summed E-state index contributed by atoms with van der Waals surface area (Å²) in [6.45, 7) is 7.88. The van der Waals surface area contributed by atoms with E-state index in [1.165, 1.54) is 30.8 Å². The van der Waals surface area contributed by atoms with Gasteiger partial charge in [-0.05, 0) is 44.1 Å². The number of aromatic nitrogens is 2. The van der Waals surface area contributed by atoms with Crippen LogP contribution in [0.1, 0.15) is 30.5 Å². The molecule has 3 heteroatoms. The molecule has 0 saturated carbocycles. The van der Waals surface area contributed by atoms with Crippen LogP contribution in [0.15, 0.2) is 24.5 Å². The summed E-state index contributed by atoms with van der Waals surface area (Å²) in [6.07, 6.45) is 5.54. The Kier molecular flexibility index (Phi) is 2.63. The van der Waals surface area contributed by atoms with Crippen LogP contribution in [-0.4, -0.2) is 33.9 Å². The molecule has 1 fully saturated rings. The number of aryl methyl sites for hydroxylation is 1. The van der Waals surface area contributed by atoms with Crippen molar-refractivity contribution in [1.29, 1.82) is 0 Å². The maximum absolute atomic E-state index is 4.76. The quantitative estimate of drug-likeness (QED) is 0.788. The molecular weight excluding hydrogens is 210 g/mol. The number of likely N-dealkylation sites (tertiary alicyclic amines) is 1. The molecule has 0 radical (unpaired) electrons. The number of hydrogen-bond donors (Lipinski definition) is 0. The van der Waals surface area contributed by atoms with E-state index < -0.39 is 0 Å². The summed E-state index contributed by atoms with van der Waals surface area (Å²) < 4.78 is 2.14. The van der Waals surface area contributed by atoms with Crippen LogP contribution in [0, 0.1) is 6.92 Å². The Morgan fingerprint density at radius 1 is 1.47 bits per heavy atom. The molecule has 90 valence electrons. The molecule has 0 amide bonds. The van der Waals surface area contributed by atoms with Crippen LogP contribution in [0.2, 0.25) is 0 Å². The molecule has 0 N–H and O–H groups in total.